The fourth-order valence-corrected chi connectivity index (χ4v) is 4.85. The molecule has 0 spiro atoms. The molecule has 0 aromatic carbocycles. The van der Waals surface area contributed by atoms with Crippen LogP contribution < -0.4 is 5.32 Å². The number of carbonyl (C=O) groups excluding carboxylic acids is 1. The molecule has 7 heteroatoms. The lowest BCUT2D eigenvalue weighted by Gasteiger charge is -2.19. The van der Waals surface area contributed by atoms with Gasteiger partial charge in [0.1, 0.15) is 5.69 Å². The van der Waals surface area contributed by atoms with E-state index in [9.17, 15) is 4.79 Å². The van der Waals surface area contributed by atoms with E-state index in [4.69, 9.17) is 4.74 Å². The van der Waals surface area contributed by atoms with Gasteiger partial charge < -0.3 is 10.1 Å². The van der Waals surface area contributed by atoms with Gasteiger partial charge in [-0.15, -0.1) is 11.3 Å². The van der Waals surface area contributed by atoms with Crippen LogP contribution in [0.2, 0.25) is 0 Å². The number of fused-ring (bicyclic) bond motifs is 1. The van der Waals surface area contributed by atoms with E-state index < -0.39 is 0 Å². The highest BCUT2D eigenvalue weighted by Gasteiger charge is 2.43. The van der Waals surface area contributed by atoms with Crippen molar-refractivity contribution in [3.63, 3.8) is 0 Å². The molecule has 0 saturated carbocycles. The summed E-state index contributed by atoms with van der Waals surface area (Å²) >= 11 is 1.87. The first-order valence-electron chi connectivity index (χ1n) is 8.75. The van der Waals surface area contributed by atoms with Crippen LogP contribution in [-0.4, -0.2) is 52.9 Å². The van der Waals surface area contributed by atoms with Gasteiger partial charge in [-0.3, -0.25) is 14.4 Å². The number of likely N-dealkylation sites (tertiary alicyclic amines) is 1. The van der Waals surface area contributed by atoms with Crippen molar-refractivity contribution in [2.75, 3.05) is 26.2 Å². The first kappa shape index (κ1) is 16.8. The van der Waals surface area contributed by atoms with Gasteiger partial charge in [0.2, 0.25) is 0 Å². The molecule has 1 N–H and O–H groups in total. The van der Waals surface area contributed by atoms with Gasteiger partial charge in [0.05, 0.1) is 12.7 Å². The average molecular weight is 360 g/mol. The highest BCUT2D eigenvalue weighted by molar-refractivity contribution is 7.11. The second-order valence-electron chi connectivity index (χ2n) is 7.05. The third kappa shape index (κ3) is 3.49. The van der Waals surface area contributed by atoms with Crippen LogP contribution in [0.1, 0.15) is 20.2 Å². The molecule has 0 aliphatic carbocycles. The second kappa shape index (κ2) is 6.90. The average Bonchev–Trinajstić information content (AvgIpc) is 3.32. The number of ether oxygens (including phenoxy) is 1. The molecule has 2 aromatic rings. The van der Waals surface area contributed by atoms with E-state index in [0.29, 0.717) is 30.2 Å². The molecule has 2 saturated heterocycles. The number of amides is 1. The SMILES string of the molecule is Cc1ccc(CN2C[C@@H]3[C@H](CNC(=O)c4ccnn4C)CO[C@@H]3C2)s1. The number of nitrogens with one attached hydrogen (secondary N) is 1. The number of thiophene rings is 1. The van der Waals surface area contributed by atoms with Crippen molar-refractivity contribution in [2.24, 2.45) is 18.9 Å². The van der Waals surface area contributed by atoms with Crippen molar-refractivity contribution >= 4 is 17.2 Å². The maximum atomic E-state index is 12.3. The Bertz CT molecular complexity index is 756. The van der Waals surface area contributed by atoms with Crippen molar-refractivity contribution in [2.45, 2.75) is 19.6 Å². The maximum Gasteiger partial charge on any atom is 0.269 e. The first-order valence-corrected chi connectivity index (χ1v) is 9.57. The number of rotatable bonds is 5. The molecule has 2 fully saturated rings. The highest BCUT2D eigenvalue weighted by Crippen LogP contribution is 2.34. The summed E-state index contributed by atoms with van der Waals surface area (Å²) in [5.41, 5.74) is 0.594. The van der Waals surface area contributed by atoms with E-state index in [1.54, 1.807) is 24.0 Å². The highest BCUT2D eigenvalue weighted by atomic mass is 32.1. The minimum absolute atomic E-state index is 0.0626. The van der Waals surface area contributed by atoms with Gasteiger partial charge in [-0.25, -0.2) is 0 Å². The number of hydrogen-bond acceptors (Lipinski definition) is 5. The molecule has 0 bridgehead atoms. The Hall–Kier alpha value is -1.70. The Morgan fingerprint density at radius 3 is 3.00 bits per heavy atom. The largest absolute Gasteiger partial charge is 0.376 e. The van der Waals surface area contributed by atoms with E-state index in [0.717, 1.165) is 26.2 Å². The molecule has 1 amide bonds. The van der Waals surface area contributed by atoms with Gasteiger partial charge in [-0.1, -0.05) is 0 Å². The lowest BCUT2D eigenvalue weighted by atomic mass is 9.93. The van der Waals surface area contributed by atoms with E-state index in [2.05, 4.69) is 34.4 Å². The molecule has 3 atom stereocenters. The van der Waals surface area contributed by atoms with Crippen LogP contribution in [0.3, 0.4) is 0 Å². The number of carbonyl (C=O) groups is 1. The fraction of sp³-hybridized carbons (Fsp3) is 0.556. The first-order chi connectivity index (χ1) is 12.1. The summed E-state index contributed by atoms with van der Waals surface area (Å²) in [4.78, 5) is 17.5. The quantitative estimate of drug-likeness (QED) is 0.881. The van der Waals surface area contributed by atoms with Gasteiger partial charge in [0, 0.05) is 61.0 Å². The molecule has 0 radical (unpaired) electrons. The summed E-state index contributed by atoms with van der Waals surface area (Å²) in [6.07, 6.45) is 1.95. The summed E-state index contributed by atoms with van der Waals surface area (Å²) in [5.74, 6) is 0.831. The zero-order valence-electron chi connectivity index (χ0n) is 14.6. The van der Waals surface area contributed by atoms with Crippen molar-refractivity contribution in [1.82, 2.24) is 20.0 Å². The van der Waals surface area contributed by atoms with Gasteiger partial charge in [-0.05, 0) is 25.1 Å². The Morgan fingerprint density at radius 2 is 2.28 bits per heavy atom. The molecule has 0 unspecified atom stereocenters. The molecule has 2 aromatic heterocycles. The van der Waals surface area contributed by atoms with Crippen molar-refractivity contribution < 1.29 is 9.53 Å². The second-order valence-corrected chi connectivity index (χ2v) is 8.42. The standard InChI is InChI=1S/C18H24N4O2S/c1-12-3-4-14(25-12)8-22-9-15-13(11-24-17(15)10-22)7-19-18(23)16-5-6-20-21(16)2/h3-6,13,15,17H,7-11H2,1-2H3,(H,19,23)/t13-,15-,17-/m1/s1. The summed E-state index contributed by atoms with van der Waals surface area (Å²) in [5, 5.41) is 7.10. The molecule has 25 heavy (non-hydrogen) atoms. The Kier molecular flexibility index (Phi) is 4.62. The zero-order valence-corrected chi connectivity index (χ0v) is 15.5. The number of aromatic nitrogens is 2. The van der Waals surface area contributed by atoms with Gasteiger partial charge >= 0.3 is 0 Å². The van der Waals surface area contributed by atoms with Crippen LogP contribution in [0, 0.1) is 18.8 Å². The summed E-state index contributed by atoms with van der Waals surface area (Å²) in [6.45, 7) is 6.60. The van der Waals surface area contributed by atoms with Crippen LogP contribution >= 0.6 is 11.3 Å². The molecule has 4 heterocycles. The minimum atomic E-state index is -0.0626. The van der Waals surface area contributed by atoms with E-state index in [1.807, 2.05) is 11.3 Å². The Labute approximate surface area is 151 Å². The molecule has 6 nitrogen and oxygen atoms in total. The predicted octanol–water partition coefficient (Wildman–Crippen LogP) is 1.67. The monoisotopic (exact) mass is 360 g/mol. The number of aryl methyl sites for hydroxylation is 2. The fourth-order valence-electron chi connectivity index (χ4n) is 3.92. The van der Waals surface area contributed by atoms with E-state index >= 15 is 0 Å². The third-order valence-corrected chi connectivity index (χ3v) is 6.25. The molecular weight excluding hydrogens is 336 g/mol. The zero-order chi connectivity index (χ0) is 17.4. The van der Waals surface area contributed by atoms with Crippen molar-refractivity contribution in [3.8, 4) is 0 Å². The smallest absolute Gasteiger partial charge is 0.269 e. The van der Waals surface area contributed by atoms with E-state index in [1.165, 1.54) is 9.75 Å². The third-order valence-electron chi connectivity index (χ3n) is 5.27. The summed E-state index contributed by atoms with van der Waals surface area (Å²) in [6, 6.07) is 6.15. The Balaban J connectivity index is 1.31. The number of hydrogen-bond donors (Lipinski definition) is 1. The molecule has 134 valence electrons. The Morgan fingerprint density at radius 1 is 1.40 bits per heavy atom. The lowest BCUT2D eigenvalue weighted by Crippen LogP contribution is -2.35. The normalized spacial score (nSPS) is 26.1. The lowest BCUT2D eigenvalue weighted by molar-refractivity contribution is 0.0899. The van der Waals surface area contributed by atoms with E-state index in [-0.39, 0.29) is 5.91 Å². The number of nitrogens with zero attached hydrogens (tertiary/aromatic N) is 3. The van der Waals surface area contributed by atoms with Crippen LogP contribution in [0.5, 0.6) is 0 Å². The topological polar surface area (TPSA) is 59.4 Å². The summed E-state index contributed by atoms with van der Waals surface area (Å²) < 4.78 is 7.60. The minimum Gasteiger partial charge on any atom is -0.376 e. The van der Waals surface area contributed by atoms with Crippen LogP contribution in [0.4, 0.5) is 0 Å². The van der Waals surface area contributed by atoms with Crippen molar-refractivity contribution in [1.29, 1.82) is 0 Å². The molecule has 2 aliphatic rings. The molecule has 4 rings (SSSR count). The maximum absolute atomic E-state index is 12.3. The van der Waals surface area contributed by atoms with Crippen LogP contribution in [0.15, 0.2) is 24.4 Å². The van der Waals surface area contributed by atoms with Gasteiger partial charge in [0.25, 0.3) is 5.91 Å². The summed E-state index contributed by atoms with van der Waals surface area (Å²) in [7, 11) is 1.78. The van der Waals surface area contributed by atoms with Gasteiger partial charge in [0.15, 0.2) is 0 Å². The molecule has 2 aliphatic heterocycles. The van der Waals surface area contributed by atoms with Crippen molar-refractivity contribution in [3.05, 3.63) is 39.8 Å². The predicted molar refractivity (Wildman–Crippen MR) is 96.6 cm³/mol. The van der Waals surface area contributed by atoms with Crippen LogP contribution in [-0.2, 0) is 18.3 Å². The van der Waals surface area contributed by atoms with Gasteiger partial charge in [-0.2, -0.15) is 5.10 Å². The van der Waals surface area contributed by atoms with Crippen LogP contribution in [0.25, 0.3) is 0 Å². The molecular formula is C18H24N4O2S.